The number of rotatable bonds is 9. The second-order valence-electron chi connectivity index (χ2n) is 19.5. The molecule has 4 aromatic heterocycles. The van der Waals surface area contributed by atoms with Crippen molar-refractivity contribution in [1.82, 2.24) is 33.2 Å². The Balaban J connectivity index is 0.000000199. The number of carbonyl (C=O) groups excluding carboxylic acids is 1. The molecule has 2 saturated carbocycles. The summed E-state index contributed by atoms with van der Waals surface area (Å²) in [5, 5.41) is 8.37. The highest BCUT2D eigenvalue weighted by atomic mass is 35.5. The topological polar surface area (TPSA) is 206 Å². The molecule has 0 saturated heterocycles. The molecule has 2 aliphatic rings. The molecule has 4 aromatic carbocycles. The summed E-state index contributed by atoms with van der Waals surface area (Å²) in [5.74, 6) is 1.27. The molecule has 1 amide bonds. The van der Waals surface area contributed by atoms with Gasteiger partial charge < -0.3 is 21.1 Å². The molecule has 0 spiro atoms. The lowest BCUT2D eigenvalue weighted by molar-refractivity contribution is 0.0491. The number of hydrogen-bond donors (Lipinski definition) is 3. The third-order valence-corrected chi connectivity index (χ3v) is 16.7. The Morgan fingerprint density at radius 2 is 1.13 bits per heavy atom. The van der Waals surface area contributed by atoms with Gasteiger partial charge in [0, 0.05) is 52.4 Å². The first-order valence-corrected chi connectivity index (χ1v) is 28.3. The quantitative estimate of drug-likeness (QED) is 0.115. The molecule has 75 heavy (non-hydrogen) atoms. The van der Waals surface area contributed by atoms with E-state index in [-0.39, 0.29) is 39.6 Å². The summed E-state index contributed by atoms with van der Waals surface area (Å²) in [5.41, 5.74) is 8.16. The maximum atomic E-state index is 13.5. The monoisotopic (exact) mass is 1110 g/mol. The normalized spacial score (nSPS) is 17.9. The fraction of sp³-hybridized carbons (Fsp3) is 0.327. The smallest absolute Gasteiger partial charge is 0.407 e. The van der Waals surface area contributed by atoms with Crippen LogP contribution in [0, 0.1) is 5.92 Å². The second-order valence-corrected chi connectivity index (χ2v) is 24.2. The number of para-hydroxylation sites is 2. The number of halogens is 3. The lowest BCUT2D eigenvalue weighted by Crippen LogP contribution is -2.44. The average molecular weight is 1120 g/mol. The standard InChI is InChI=1S/C29H32ClN5O4S.C18H11Cl2N3O2S.C7H15N.CH4/c1-29(2,3)39-28(36)33-20-11-9-10-19(16-20)32-27-31-17-24(30)26(34-27)23-18-35(25-15-8-7-14-22(23)25)40(37,38)21-12-5-4-6-13-21;19-15-10-21-18(20)22-17(15)14-11-23(16-9-5-4-8-13(14)16)26(24,25)12-6-2-1-3-7-12;1-6-3-2-4-7(8)5-6;/h4-8,12-15,17-20H,9-11,16H2,1-3H3,(H,33,36)(H,31,32,34);1-11H;6-7H,2-5,8H2,1H3;1H4/t19-,20+;;6-,7+;/m1.0./s1. The summed E-state index contributed by atoms with van der Waals surface area (Å²) in [6.07, 6.45) is 14.2. The van der Waals surface area contributed by atoms with Gasteiger partial charge in [0.15, 0.2) is 0 Å². The summed E-state index contributed by atoms with van der Waals surface area (Å²) in [6.45, 7) is 7.80. The number of ether oxygens (including phenoxy) is 1. The van der Waals surface area contributed by atoms with E-state index >= 15 is 0 Å². The molecule has 4 N–H and O–H groups in total. The molecule has 10 rings (SSSR count). The lowest BCUT2D eigenvalue weighted by atomic mass is 9.88. The lowest BCUT2D eigenvalue weighted by Gasteiger charge is -2.31. The van der Waals surface area contributed by atoms with Gasteiger partial charge in [-0.2, -0.15) is 0 Å². The van der Waals surface area contributed by atoms with Crippen LogP contribution >= 0.6 is 34.8 Å². The Morgan fingerprint density at radius 3 is 1.64 bits per heavy atom. The predicted molar refractivity (Wildman–Crippen MR) is 300 cm³/mol. The first kappa shape index (κ1) is 56.6. The van der Waals surface area contributed by atoms with Crippen LogP contribution in [0.4, 0.5) is 10.7 Å². The fourth-order valence-corrected chi connectivity index (χ4v) is 12.5. The molecule has 15 nitrogen and oxygen atoms in total. The number of aromatic nitrogens is 6. The highest BCUT2D eigenvalue weighted by Crippen LogP contribution is 2.38. The highest BCUT2D eigenvalue weighted by Gasteiger charge is 2.28. The van der Waals surface area contributed by atoms with Gasteiger partial charge in [0.1, 0.15) is 5.60 Å². The van der Waals surface area contributed by atoms with Crippen molar-refractivity contribution in [3.63, 3.8) is 0 Å². The molecule has 2 aliphatic carbocycles. The zero-order chi connectivity index (χ0) is 52.8. The Hall–Kier alpha value is -6.08. The number of fused-ring (bicyclic) bond motifs is 2. The van der Waals surface area contributed by atoms with Crippen molar-refractivity contribution in [2.75, 3.05) is 5.32 Å². The van der Waals surface area contributed by atoms with Gasteiger partial charge in [-0.05, 0) is 113 Å². The van der Waals surface area contributed by atoms with Crippen LogP contribution in [0.1, 0.15) is 86.5 Å². The second kappa shape index (κ2) is 24.3. The molecule has 0 bridgehead atoms. The van der Waals surface area contributed by atoms with Gasteiger partial charge in [-0.15, -0.1) is 0 Å². The number of benzene rings is 4. The molecule has 20 heteroatoms. The van der Waals surface area contributed by atoms with Crippen LogP contribution in [0.5, 0.6) is 0 Å². The number of alkyl carbamates (subject to hydrolysis) is 1. The van der Waals surface area contributed by atoms with Gasteiger partial charge in [-0.3, -0.25) is 0 Å². The average Bonchev–Trinajstić information content (AvgIpc) is 3.97. The van der Waals surface area contributed by atoms with E-state index in [9.17, 15) is 21.6 Å². The summed E-state index contributed by atoms with van der Waals surface area (Å²) >= 11 is 18.7. The van der Waals surface area contributed by atoms with Crippen molar-refractivity contribution in [3.8, 4) is 22.5 Å². The predicted octanol–water partition coefficient (Wildman–Crippen LogP) is 13.0. The van der Waals surface area contributed by atoms with E-state index in [0.717, 1.165) is 25.2 Å². The molecule has 4 atom stereocenters. The largest absolute Gasteiger partial charge is 0.444 e. The molecule has 4 heterocycles. The fourth-order valence-electron chi connectivity index (χ4n) is 9.24. The summed E-state index contributed by atoms with van der Waals surface area (Å²) in [4.78, 5) is 29.8. The molecule has 8 aromatic rings. The van der Waals surface area contributed by atoms with Crippen LogP contribution in [0.3, 0.4) is 0 Å². The van der Waals surface area contributed by atoms with E-state index in [1.54, 1.807) is 91.1 Å². The van der Waals surface area contributed by atoms with Crippen LogP contribution in [-0.2, 0) is 24.8 Å². The van der Waals surface area contributed by atoms with Crippen LogP contribution in [0.2, 0.25) is 15.3 Å². The third kappa shape index (κ3) is 13.7. The Kier molecular flexibility index (Phi) is 18.3. The van der Waals surface area contributed by atoms with Gasteiger partial charge in [-0.25, -0.2) is 49.5 Å². The first-order chi connectivity index (χ1) is 35.3. The minimum Gasteiger partial charge on any atom is -0.444 e. The molecule has 0 unspecified atom stereocenters. The third-order valence-electron chi connectivity index (χ3n) is 12.6. The van der Waals surface area contributed by atoms with E-state index < -0.39 is 31.7 Å². The van der Waals surface area contributed by atoms with E-state index in [1.807, 2.05) is 45.0 Å². The summed E-state index contributed by atoms with van der Waals surface area (Å²) in [7, 11) is -7.63. The zero-order valence-corrected chi connectivity index (χ0v) is 45.2. The van der Waals surface area contributed by atoms with E-state index in [2.05, 4.69) is 32.5 Å². The SMILES string of the molecule is C.CC(C)(C)OC(=O)N[C@H]1CCC[C@@H](Nc2ncc(Cl)c(-c3cn(S(=O)(=O)c4ccccc4)c4ccccc34)n2)C1.C[C@H]1CCC[C@@H](N)C1.O=S(=O)(c1ccccc1)n1cc(-c2nc(Cl)ncc2Cl)c2ccccc21. The minimum absolute atomic E-state index is 0. The van der Waals surface area contributed by atoms with Crippen molar-refractivity contribution in [2.45, 2.75) is 120 Å². The molecule has 0 aliphatic heterocycles. The number of nitrogens with zero attached hydrogens (tertiary/aromatic N) is 6. The first-order valence-electron chi connectivity index (χ1n) is 24.3. The van der Waals surface area contributed by atoms with E-state index in [1.165, 1.54) is 52.2 Å². The van der Waals surface area contributed by atoms with Crippen LogP contribution < -0.4 is 16.4 Å². The number of nitrogens with two attached hydrogens (primary N) is 1. The number of nitrogens with one attached hydrogen (secondary N) is 2. The van der Waals surface area contributed by atoms with Crippen molar-refractivity contribution in [2.24, 2.45) is 11.7 Å². The van der Waals surface area contributed by atoms with Crippen LogP contribution in [0.15, 0.2) is 144 Å². The van der Waals surface area contributed by atoms with Gasteiger partial charge in [0.25, 0.3) is 20.0 Å². The van der Waals surface area contributed by atoms with E-state index in [0.29, 0.717) is 67.8 Å². The van der Waals surface area contributed by atoms with Gasteiger partial charge in [-0.1, -0.05) is 123 Å². The number of hydrogen-bond acceptors (Lipinski definition) is 12. The van der Waals surface area contributed by atoms with E-state index in [4.69, 9.17) is 50.3 Å². The van der Waals surface area contributed by atoms with Crippen molar-refractivity contribution < 1.29 is 26.4 Å². The maximum Gasteiger partial charge on any atom is 0.407 e. The Morgan fingerprint density at radius 1 is 0.653 bits per heavy atom. The van der Waals surface area contributed by atoms with Crippen molar-refractivity contribution in [1.29, 1.82) is 0 Å². The Labute approximate surface area is 454 Å². The zero-order valence-electron chi connectivity index (χ0n) is 41.3. The number of amides is 1. The van der Waals surface area contributed by atoms with Gasteiger partial charge >= 0.3 is 6.09 Å². The minimum atomic E-state index is -3.86. The molecule has 396 valence electrons. The number of anilines is 1. The molecular formula is C55H62Cl3N9O6S2. The van der Waals surface area contributed by atoms with Crippen LogP contribution in [-0.4, -0.2) is 74.5 Å². The molecule has 2 fully saturated rings. The maximum absolute atomic E-state index is 13.5. The summed E-state index contributed by atoms with van der Waals surface area (Å²) in [6, 6.07) is 31.4. The number of carbonyl (C=O) groups is 1. The highest BCUT2D eigenvalue weighted by molar-refractivity contribution is 7.90. The Bertz CT molecular complexity index is 3480. The van der Waals surface area contributed by atoms with Gasteiger partial charge in [0.2, 0.25) is 11.2 Å². The van der Waals surface area contributed by atoms with Gasteiger partial charge in [0.05, 0.1) is 54.7 Å². The summed E-state index contributed by atoms with van der Waals surface area (Å²) < 4.78 is 61.2. The molecule has 0 radical (unpaired) electrons. The molecular weight excluding hydrogens is 1050 g/mol. The van der Waals surface area contributed by atoms with Crippen molar-refractivity contribution in [3.05, 3.63) is 149 Å². The van der Waals surface area contributed by atoms with Crippen molar-refractivity contribution >= 4 is 88.7 Å². The van der Waals surface area contributed by atoms with Crippen LogP contribution in [0.25, 0.3) is 44.3 Å².